The van der Waals surface area contributed by atoms with Gasteiger partial charge < -0.3 is 15.2 Å². The standard InChI is InChI=1S/C20H28N4O4S/c1-13-19(15(3)28-23-13)29(26,27)24-14(2)20(25)22-18-11-9-17(10-12-18)21-16-7-5-4-6-8-16/h9-12,14,16,21,24H,4-8H2,1-3H3,(H,22,25)/t14-/m0/s1. The summed E-state index contributed by atoms with van der Waals surface area (Å²) in [5, 5.41) is 9.91. The smallest absolute Gasteiger partial charge is 0.246 e. The molecule has 1 aliphatic rings. The number of carbonyl (C=O) groups is 1. The summed E-state index contributed by atoms with van der Waals surface area (Å²) in [6.45, 7) is 4.55. The van der Waals surface area contributed by atoms with Crippen molar-refractivity contribution in [3.63, 3.8) is 0 Å². The van der Waals surface area contributed by atoms with Gasteiger partial charge >= 0.3 is 0 Å². The Morgan fingerprint density at radius 1 is 1.10 bits per heavy atom. The lowest BCUT2D eigenvalue weighted by molar-refractivity contribution is -0.117. The summed E-state index contributed by atoms with van der Waals surface area (Å²) in [6.07, 6.45) is 6.19. The van der Waals surface area contributed by atoms with Gasteiger partial charge in [0.25, 0.3) is 0 Å². The molecule has 1 saturated carbocycles. The molecule has 1 aliphatic carbocycles. The van der Waals surface area contributed by atoms with Crippen molar-refractivity contribution in [2.45, 2.75) is 69.9 Å². The Morgan fingerprint density at radius 3 is 2.31 bits per heavy atom. The van der Waals surface area contributed by atoms with E-state index in [0.29, 0.717) is 11.7 Å². The van der Waals surface area contributed by atoms with E-state index in [2.05, 4.69) is 20.5 Å². The predicted octanol–water partition coefficient (Wildman–Crippen LogP) is 3.34. The number of amides is 1. The highest BCUT2D eigenvalue weighted by Gasteiger charge is 2.28. The third kappa shape index (κ3) is 5.36. The fourth-order valence-corrected chi connectivity index (χ4v) is 5.12. The number of aryl methyl sites for hydroxylation is 2. The van der Waals surface area contributed by atoms with Crippen LogP contribution in [0.4, 0.5) is 11.4 Å². The number of hydrogen-bond donors (Lipinski definition) is 3. The van der Waals surface area contributed by atoms with Crippen LogP contribution in [0.3, 0.4) is 0 Å². The van der Waals surface area contributed by atoms with E-state index in [4.69, 9.17) is 4.52 Å². The molecule has 1 atom stereocenters. The minimum atomic E-state index is -3.92. The molecule has 1 fully saturated rings. The van der Waals surface area contributed by atoms with Crippen molar-refractivity contribution in [1.29, 1.82) is 0 Å². The zero-order valence-electron chi connectivity index (χ0n) is 17.0. The zero-order chi connectivity index (χ0) is 21.0. The van der Waals surface area contributed by atoms with Gasteiger partial charge in [0.2, 0.25) is 15.9 Å². The van der Waals surface area contributed by atoms with Crippen LogP contribution in [0.5, 0.6) is 0 Å². The zero-order valence-corrected chi connectivity index (χ0v) is 17.8. The summed E-state index contributed by atoms with van der Waals surface area (Å²) in [5.74, 6) is -0.267. The Morgan fingerprint density at radius 2 is 1.72 bits per heavy atom. The summed E-state index contributed by atoms with van der Waals surface area (Å²) < 4.78 is 32.4. The molecule has 2 aromatic rings. The van der Waals surface area contributed by atoms with Crippen LogP contribution in [0.1, 0.15) is 50.5 Å². The number of benzene rings is 1. The molecule has 0 unspecified atom stereocenters. The summed E-state index contributed by atoms with van der Waals surface area (Å²) >= 11 is 0. The van der Waals surface area contributed by atoms with Crippen molar-refractivity contribution >= 4 is 27.3 Å². The second-order valence-corrected chi connectivity index (χ2v) is 9.19. The number of rotatable bonds is 7. The topological polar surface area (TPSA) is 113 Å². The van der Waals surface area contributed by atoms with Crippen molar-refractivity contribution in [3.8, 4) is 0 Å². The van der Waals surface area contributed by atoms with Crippen LogP contribution in [0.15, 0.2) is 33.7 Å². The van der Waals surface area contributed by atoms with Gasteiger partial charge in [-0.1, -0.05) is 24.4 Å². The summed E-state index contributed by atoms with van der Waals surface area (Å²) in [4.78, 5) is 12.4. The second-order valence-electron chi connectivity index (χ2n) is 7.54. The molecule has 1 aromatic heterocycles. The lowest BCUT2D eigenvalue weighted by Crippen LogP contribution is -2.41. The molecular formula is C20H28N4O4S. The Hall–Kier alpha value is -2.39. The van der Waals surface area contributed by atoms with E-state index in [0.717, 1.165) is 5.69 Å². The first kappa shape index (κ1) is 21.3. The highest BCUT2D eigenvalue weighted by molar-refractivity contribution is 7.89. The van der Waals surface area contributed by atoms with Crippen LogP contribution >= 0.6 is 0 Å². The maximum absolute atomic E-state index is 12.5. The van der Waals surface area contributed by atoms with Crippen LogP contribution in [0, 0.1) is 13.8 Å². The molecule has 0 spiro atoms. The number of nitrogens with zero attached hydrogens (tertiary/aromatic N) is 1. The Bertz CT molecular complexity index is 928. The van der Waals surface area contributed by atoms with Crippen molar-refractivity contribution < 1.29 is 17.7 Å². The highest BCUT2D eigenvalue weighted by atomic mass is 32.2. The molecule has 3 N–H and O–H groups in total. The van der Waals surface area contributed by atoms with E-state index in [1.807, 2.05) is 12.1 Å². The van der Waals surface area contributed by atoms with E-state index in [1.165, 1.54) is 46.0 Å². The fraction of sp³-hybridized carbons (Fsp3) is 0.500. The normalized spacial score (nSPS) is 16.4. The summed E-state index contributed by atoms with van der Waals surface area (Å²) in [6, 6.07) is 6.99. The molecule has 1 heterocycles. The largest absolute Gasteiger partial charge is 0.382 e. The van der Waals surface area contributed by atoms with Gasteiger partial charge in [-0.15, -0.1) is 0 Å². The first-order valence-corrected chi connectivity index (χ1v) is 11.4. The molecule has 0 aliphatic heterocycles. The van der Waals surface area contributed by atoms with Crippen LogP contribution in [0.2, 0.25) is 0 Å². The highest BCUT2D eigenvalue weighted by Crippen LogP contribution is 2.23. The lowest BCUT2D eigenvalue weighted by Gasteiger charge is -2.24. The van der Waals surface area contributed by atoms with E-state index < -0.39 is 22.0 Å². The van der Waals surface area contributed by atoms with Crippen LogP contribution < -0.4 is 15.4 Å². The molecule has 0 bridgehead atoms. The maximum Gasteiger partial charge on any atom is 0.246 e. The Labute approximate surface area is 171 Å². The quantitative estimate of drug-likeness (QED) is 0.633. The molecule has 9 heteroatoms. The van der Waals surface area contributed by atoms with Gasteiger partial charge in [0.1, 0.15) is 10.6 Å². The number of sulfonamides is 1. The number of carbonyl (C=O) groups excluding carboxylic acids is 1. The van der Waals surface area contributed by atoms with Gasteiger partial charge in [0.05, 0.1) is 6.04 Å². The molecule has 158 valence electrons. The SMILES string of the molecule is Cc1noc(C)c1S(=O)(=O)N[C@@H](C)C(=O)Nc1ccc(NC2CCCCC2)cc1. The van der Waals surface area contributed by atoms with Crippen molar-refractivity contribution in [1.82, 2.24) is 9.88 Å². The molecule has 1 amide bonds. The van der Waals surface area contributed by atoms with Gasteiger partial charge in [-0.25, -0.2) is 8.42 Å². The molecular weight excluding hydrogens is 392 g/mol. The minimum absolute atomic E-state index is 0.0321. The van der Waals surface area contributed by atoms with Crippen molar-refractivity contribution in [2.75, 3.05) is 10.6 Å². The molecule has 0 saturated heterocycles. The third-order valence-corrected chi connectivity index (χ3v) is 6.87. The average Bonchev–Trinajstić information content (AvgIpc) is 3.03. The molecule has 8 nitrogen and oxygen atoms in total. The van der Waals surface area contributed by atoms with Crippen molar-refractivity contribution in [2.24, 2.45) is 0 Å². The van der Waals surface area contributed by atoms with Gasteiger partial charge in [-0.3, -0.25) is 4.79 Å². The van der Waals surface area contributed by atoms with Gasteiger partial charge in [0.15, 0.2) is 5.76 Å². The molecule has 3 rings (SSSR count). The molecule has 29 heavy (non-hydrogen) atoms. The average molecular weight is 421 g/mol. The minimum Gasteiger partial charge on any atom is -0.382 e. The number of nitrogens with one attached hydrogen (secondary N) is 3. The number of hydrogen-bond acceptors (Lipinski definition) is 6. The van der Waals surface area contributed by atoms with Crippen LogP contribution in [0.25, 0.3) is 0 Å². The lowest BCUT2D eigenvalue weighted by atomic mass is 9.95. The first-order valence-electron chi connectivity index (χ1n) is 9.89. The van der Waals surface area contributed by atoms with Gasteiger partial charge in [-0.2, -0.15) is 4.72 Å². The predicted molar refractivity (Wildman–Crippen MR) is 111 cm³/mol. The van der Waals surface area contributed by atoms with Crippen LogP contribution in [-0.2, 0) is 14.8 Å². The van der Waals surface area contributed by atoms with Gasteiger partial charge in [0, 0.05) is 17.4 Å². The summed E-state index contributed by atoms with van der Waals surface area (Å²) in [7, 11) is -3.92. The van der Waals surface area contributed by atoms with E-state index >= 15 is 0 Å². The third-order valence-electron chi connectivity index (χ3n) is 5.09. The second kappa shape index (κ2) is 8.96. The Balaban J connectivity index is 1.58. The maximum atomic E-state index is 12.5. The Kier molecular flexibility index (Phi) is 6.59. The van der Waals surface area contributed by atoms with Crippen LogP contribution in [-0.4, -0.2) is 31.6 Å². The number of anilines is 2. The van der Waals surface area contributed by atoms with Gasteiger partial charge in [-0.05, 0) is 57.9 Å². The van der Waals surface area contributed by atoms with E-state index in [9.17, 15) is 13.2 Å². The first-order chi connectivity index (χ1) is 13.8. The summed E-state index contributed by atoms with van der Waals surface area (Å²) in [5.41, 5.74) is 1.87. The van der Waals surface area contributed by atoms with E-state index in [1.54, 1.807) is 19.1 Å². The molecule has 0 radical (unpaired) electrons. The monoisotopic (exact) mass is 420 g/mol. The van der Waals surface area contributed by atoms with E-state index in [-0.39, 0.29) is 16.3 Å². The van der Waals surface area contributed by atoms with Crippen molar-refractivity contribution in [3.05, 3.63) is 35.7 Å². The molecule has 1 aromatic carbocycles. The number of aromatic nitrogens is 1. The fourth-order valence-electron chi connectivity index (χ4n) is 3.59.